The summed E-state index contributed by atoms with van der Waals surface area (Å²) in [7, 11) is 2.17. The first-order valence-electron chi connectivity index (χ1n) is 7.38. The van der Waals surface area contributed by atoms with Gasteiger partial charge in [-0.05, 0) is 44.0 Å². The number of hydrogen-bond donors (Lipinski definition) is 1. The van der Waals surface area contributed by atoms with Crippen molar-refractivity contribution in [2.45, 2.75) is 19.3 Å². The molecule has 0 radical (unpaired) electrons. The van der Waals surface area contributed by atoms with Gasteiger partial charge in [0, 0.05) is 18.7 Å². The Morgan fingerprint density at radius 2 is 2.25 bits per heavy atom. The van der Waals surface area contributed by atoms with Gasteiger partial charge in [-0.2, -0.15) is 0 Å². The maximum absolute atomic E-state index is 5.79. The van der Waals surface area contributed by atoms with Gasteiger partial charge in [0.15, 0.2) is 0 Å². The summed E-state index contributed by atoms with van der Waals surface area (Å²) >= 11 is 0. The van der Waals surface area contributed by atoms with E-state index in [1.165, 1.54) is 25.8 Å². The molecule has 1 fully saturated rings. The molecule has 1 aromatic rings. The molecule has 1 aliphatic carbocycles. The summed E-state index contributed by atoms with van der Waals surface area (Å²) in [6, 6.07) is 7.88. The smallest absolute Gasteiger partial charge is 0.120 e. The average molecular weight is 272 g/mol. The van der Waals surface area contributed by atoms with E-state index in [4.69, 9.17) is 10.5 Å². The highest BCUT2D eigenvalue weighted by atomic mass is 16.5. The highest BCUT2D eigenvalue weighted by molar-refractivity contribution is 5.39. The number of benzene rings is 1. The third-order valence-corrected chi connectivity index (χ3v) is 3.71. The Balaban J connectivity index is 1.72. The standard InChI is InChI=1S/C17H24N2O/c1-19(14-16-6-2-7-16)11-12-20-17-9-3-5-15(13-17)8-4-10-18/h3,5,9,13,16H,2,6-7,10-12,14,18H2,1H3. The Hall–Kier alpha value is -1.50. The fourth-order valence-corrected chi connectivity index (χ4v) is 2.34. The lowest BCUT2D eigenvalue weighted by Gasteiger charge is -2.30. The van der Waals surface area contributed by atoms with Crippen molar-refractivity contribution in [3.8, 4) is 17.6 Å². The monoisotopic (exact) mass is 272 g/mol. The molecule has 1 aromatic carbocycles. The normalized spacial score (nSPS) is 14.6. The number of nitrogens with two attached hydrogens (primary N) is 1. The van der Waals surface area contributed by atoms with Crippen LogP contribution < -0.4 is 10.5 Å². The molecular weight excluding hydrogens is 248 g/mol. The van der Waals surface area contributed by atoms with E-state index in [1.807, 2.05) is 24.3 Å². The van der Waals surface area contributed by atoms with Gasteiger partial charge in [0.2, 0.25) is 0 Å². The fourth-order valence-electron chi connectivity index (χ4n) is 2.34. The highest BCUT2D eigenvalue weighted by Crippen LogP contribution is 2.26. The molecule has 0 aromatic heterocycles. The van der Waals surface area contributed by atoms with E-state index >= 15 is 0 Å². The number of ether oxygens (including phenoxy) is 1. The van der Waals surface area contributed by atoms with Gasteiger partial charge in [-0.15, -0.1) is 0 Å². The van der Waals surface area contributed by atoms with Crippen molar-refractivity contribution in [1.82, 2.24) is 4.90 Å². The first-order valence-corrected chi connectivity index (χ1v) is 7.38. The van der Waals surface area contributed by atoms with Crippen LogP contribution in [0.5, 0.6) is 5.75 Å². The van der Waals surface area contributed by atoms with Gasteiger partial charge in [0.25, 0.3) is 0 Å². The molecule has 108 valence electrons. The van der Waals surface area contributed by atoms with Crippen molar-refractivity contribution in [3.05, 3.63) is 29.8 Å². The van der Waals surface area contributed by atoms with Crippen molar-refractivity contribution >= 4 is 0 Å². The second-order valence-electron chi connectivity index (χ2n) is 5.44. The molecule has 0 heterocycles. The number of likely N-dealkylation sites (N-methyl/N-ethyl adjacent to an activating group) is 1. The molecule has 0 unspecified atom stereocenters. The van der Waals surface area contributed by atoms with Crippen LogP contribution in [0.4, 0.5) is 0 Å². The maximum Gasteiger partial charge on any atom is 0.120 e. The van der Waals surface area contributed by atoms with E-state index in [-0.39, 0.29) is 0 Å². The summed E-state index contributed by atoms with van der Waals surface area (Å²) in [5, 5.41) is 0. The molecule has 2 N–H and O–H groups in total. The minimum Gasteiger partial charge on any atom is -0.492 e. The van der Waals surface area contributed by atoms with E-state index in [2.05, 4.69) is 23.8 Å². The summed E-state index contributed by atoms with van der Waals surface area (Å²) < 4.78 is 5.79. The Labute approximate surface area is 122 Å². The second kappa shape index (κ2) is 7.94. The largest absolute Gasteiger partial charge is 0.492 e. The molecule has 0 atom stereocenters. The van der Waals surface area contributed by atoms with E-state index in [1.54, 1.807) is 0 Å². The van der Waals surface area contributed by atoms with Crippen LogP contribution in [0.3, 0.4) is 0 Å². The van der Waals surface area contributed by atoms with E-state index in [0.29, 0.717) is 6.54 Å². The van der Waals surface area contributed by atoms with Gasteiger partial charge in [0.1, 0.15) is 12.4 Å². The van der Waals surface area contributed by atoms with E-state index < -0.39 is 0 Å². The van der Waals surface area contributed by atoms with E-state index in [0.717, 1.165) is 30.4 Å². The van der Waals surface area contributed by atoms with Crippen LogP contribution in [0.2, 0.25) is 0 Å². The molecule has 20 heavy (non-hydrogen) atoms. The highest BCUT2D eigenvalue weighted by Gasteiger charge is 2.18. The fraction of sp³-hybridized carbons (Fsp3) is 0.529. The minimum atomic E-state index is 0.386. The SMILES string of the molecule is CN(CCOc1cccc(C#CCN)c1)CC1CCC1. The molecule has 0 aliphatic heterocycles. The molecule has 2 rings (SSSR count). The van der Waals surface area contributed by atoms with Crippen LogP contribution in [0.15, 0.2) is 24.3 Å². The molecule has 1 saturated carbocycles. The van der Waals surface area contributed by atoms with Gasteiger partial charge in [0.05, 0.1) is 6.54 Å². The lowest BCUT2D eigenvalue weighted by Crippen LogP contribution is -2.32. The molecule has 0 amide bonds. The van der Waals surface area contributed by atoms with Gasteiger partial charge < -0.3 is 15.4 Å². The van der Waals surface area contributed by atoms with Crippen molar-refractivity contribution in [2.24, 2.45) is 11.7 Å². The van der Waals surface area contributed by atoms with Crippen molar-refractivity contribution < 1.29 is 4.74 Å². The second-order valence-corrected chi connectivity index (χ2v) is 5.44. The predicted octanol–water partition coefficient (Wildman–Crippen LogP) is 2.11. The van der Waals surface area contributed by atoms with Crippen LogP contribution >= 0.6 is 0 Å². The molecule has 3 heteroatoms. The zero-order chi connectivity index (χ0) is 14.2. The molecule has 1 aliphatic rings. The Morgan fingerprint density at radius 1 is 1.40 bits per heavy atom. The number of hydrogen-bond acceptors (Lipinski definition) is 3. The van der Waals surface area contributed by atoms with Gasteiger partial charge in [-0.25, -0.2) is 0 Å². The topological polar surface area (TPSA) is 38.5 Å². The zero-order valence-corrected chi connectivity index (χ0v) is 12.3. The molecule has 3 nitrogen and oxygen atoms in total. The lowest BCUT2D eigenvalue weighted by atomic mass is 9.85. The molecule has 0 bridgehead atoms. The Bertz CT molecular complexity index is 471. The summed E-state index contributed by atoms with van der Waals surface area (Å²) in [5.41, 5.74) is 6.33. The number of nitrogens with zero attached hydrogens (tertiary/aromatic N) is 1. The van der Waals surface area contributed by atoms with Crippen LogP contribution in [-0.2, 0) is 0 Å². The minimum absolute atomic E-state index is 0.386. The maximum atomic E-state index is 5.79. The van der Waals surface area contributed by atoms with Gasteiger partial charge in [-0.3, -0.25) is 0 Å². The third-order valence-electron chi connectivity index (χ3n) is 3.71. The quantitative estimate of drug-likeness (QED) is 0.806. The first kappa shape index (κ1) is 14.9. The van der Waals surface area contributed by atoms with Crippen LogP contribution in [0.25, 0.3) is 0 Å². The first-order chi connectivity index (χ1) is 9.78. The summed E-state index contributed by atoms with van der Waals surface area (Å²) in [6.45, 7) is 3.27. The summed E-state index contributed by atoms with van der Waals surface area (Å²) in [6.07, 6.45) is 4.20. The van der Waals surface area contributed by atoms with Crippen LogP contribution in [-0.4, -0.2) is 38.2 Å². The number of rotatable bonds is 6. The van der Waals surface area contributed by atoms with Gasteiger partial charge >= 0.3 is 0 Å². The predicted molar refractivity (Wildman–Crippen MR) is 82.7 cm³/mol. The van der Waals surface area contributed by atoms with Gasteiger partial charge in [-0.1, -0.05) is 24.3 Å². The molecule has 0 spiro atoms. The average Bonchev–Trinajstić information content (AvgIpc) is 2.41. The van der Waals surface area contributed by atoms with Crippen molar-refractivity contribution in [3.63, 3.8) is 0 Å². The Morgan fingerprint density at radius 3 is 2.95 bits per heavy atom. The van der Waals surface area contributed by atoms with Crippen LogP contribution in [0, 0.1) is 17.8 Å². The van der Waals surface area contributed by atoms with Crippen molar-refractivity contribution in [2.75, 3.05) is 33.3 Å². The zero-order valence-electron chi connectivity index (χ0n) is 12.3. The third kappa shape index (κ3) is 4.88. The van der Waals surface area contributed by atoms with Crippen molar-refractivity contribution in [1.29, 1.82) is 0 Å². The molecular formula is C17H24N2O. The van der Waals surface area contributed by atoms with Crippen LogP contribution in [0.1, 0.15) is 24.8 Å². The lowest BCUT2D eigenvalue weighted by molar-refractivity contribution is 0.177. The molecule has 0 saturated heterocycles. The Kier molecular flexibility index (Phi) is 5.91. The summed E-state index contributed by atoms with van der Waals surface area (Å²) in [4.78, 5) is 2.36. The van der Waals surface area contributed by atoms with E-state index in [9.17, 15) is 0 Å². The summed E-state index contributed by atoms with van der Waals surface area (Å²) in [5.74, 6) is 7.67.